The monoisotopic (exact) mass is 305 g/mol. The summed E-state index contributed by atoms with van der Waals surface area (Å²) < 4.78 is 7.18. The van der Waals surface area contributed by atoms with Crippen molar-refractivity contribution < 1.29 is 4.74 Å². The van der Waals surface area contributed by atoms with E-state index in [0.717, 1.165) is 29.7 Å². The van der Waals surface area contributed by atoms with Crippen LogP contribution in [-0.4, -0.2) is 39.1 Å². The highest BCUT2D eigenvalue weighted by atomic mass is 32.2. The van der Waals surface area contributed by atoms with Gasteiger partial charge in [0.25, 0.3) is 0 Å². The highest BCUT2D eigenvalue weighted by Crippen LogP contribution is 2.14. The van der Waals surface area contributed by atoms with Gasteiger partial charge in [-0.25, -0.2) is 4.68 Å². The number of aryl methyl sites for hydroxylation is 1. The summed E-state index contributed by atoms with van der Waals surface area (Å²) >= 11 is 1.63. The smallest absolute Gasteiger partial charge is 0.209 e. The third-order valence-electron chi connectivity index (χ3n) is 2.69. The highest BCUT2D eigenvalue weighted by Gasteiger charge is 2.02. The molecule has 1 aromatic carbocycles. The number of thioether (sulfide) groups is 1. The Morgan fingerprint density at radius 3 is 3.14 bits per heavy atom. The van der Waals surface area contributed by atoms with Crippen molar-refractivity contribution in [2.45, 2.75) is 11.7 Å². The second kappa shape index (κ2) is 8.43. The number of hydrogen-bond donors (Lipinski definition) is 1. The summed E-state index contributed by atoms with van der Waals surface area (Å²) in [6.45, 7) is 5.86. The Bertz CT molecular complexity index is 572. The molecule has 0 aliphatic rings. The van der Waals surface area contributed by atoms with E-state index in [0.29, 0.717) is 6.61 Å². The molecule has 0 aliphatic heterocycles. The molecule has 6 nitrogen and oxygen atoms in total. The van der Waals surface area contributed by atoms with Crippen molar-refractivity contribution >= 4 is 11.8 Å². The summed E-state index contributed by atoms with van der Waals surface area (Å²) in [5, 5.41) is 15.5. The predicted molar refractivity (Wildman–Crippen MR) is 83.4 cm³/mol. The normalized spacial score (nSPS) is 10.5. The topological polar surface area (TPSA) is 64.9 Å². The molecule has 21 heavy (non-hydrogen) atoms. The molecule has 112 valence electrons. The zero-order chi connectivity index (χ0) is 14.9. The van der Waals surface area contributed by atoms with Crippen molar-refractivity contribution in [1.82, 2.24) is 25.5 Å². The Kier molecular flexibility index (Phi) is 6.23. The minimum absolute atomic E-state index is 0.527. The molecule has 2 rings (SSSR count). The number of nitrogens with zero attached hydrogens (tertiary/aromatic N) is 4. The number of hydrogen-bond acceptors (Lipinski definition) is 6. The highest BCUT2D eigenvalue weighted by molar-refractivity contribution is 7.99. The van der Waals surface area contributed by atoms with Crippen molar-refractivity contribution in [2.24, 2.45) is 7.05 Å². The van der Waals surface area contributed by atoms with Crippen molar-refractivity contribution in [3.63, 3.8) is 0 Å². The van der Waals surface area contributed by atoms with Crippen LogP contribution in [0.4, 0.5) is 0 Å². The molecule has 0 amide bonds. The van der Waals surface area contributed by atoms with Crippen molar-refractivity contribution in [3.8, 4) is 5.75 Å². The van der Waals surface area contributed by atoms with Gasteiger partial charge in [0.15, 0.2) is 0 Å². The van der Waals surface area contributed by atoms with Gasteiger partial charge in [-0.15, -0.1) is 5.10 Å². The zero-order valence-corrected chi connectivity index (χ0v) is 12.8. The Balaban J connectivity index is 1.68. The first-order valence-corrected chi connectivity index (χ1v) is 7.66. The molecule has 0 fully saturated rings. The van der Waals surface area contributed by atoms with Crippen LogP contribution in [0.5, 0.6) is 5.75 Å². The van der Waals surface area contributed by atoms with Crippen molar-refractivity contribution in [1.29, 1.82) is 0 Å². The molecular formula is C14H19N5OS. The molecule has 0 bridgehead atoms. The average molecular weight is 305 g/mol. The molecule has 0 unspecified atom stereocenters. The van der Waals surface area contributed by atoms with Crippen LogP contribution in [0.2, 0.25) is 0 Å². The summed E-state index contributed by atoms with van der Waals surface area (Å²) in [7, 11) is 1.84. The molecule has 1 heterocycles. The third kappa shape index (κ3) is 5.20. The van der Waals surface area contributed by atoms with E-state index in [4.69, 9.17) is 4.74 Å². The van der Waals surface area contributed by atoms with Gasteiger partial charge in [0.05, 0.1) is 0 Å². The molecule has 0 saturated carbocycles. The van der Waals surface area contributed by atoms with Crippen LogP contribution < -0.4 is 10.1 Å². The fraction of sp³-hybridized carbons (Fsp3) is 0.357. The van der Waals surface area contributed by atoms with Gasteiger partial charge in [-0.3, -0.25) is 0 Å². The average Bonchev–Trinajstić information content (AvgIpc) is 2.91. The lowest BCUT2D eigenvalue weighted by Crippen LogP contribution is -2.16. The number of benzene rings is 1. The molecule has 1 aromatic heterocycles. The van der Waals surface area contributed by atoms with Gasteiger partial charge in [0.2, 0.25) is 5.16 Å². The second-order valence-corrected chi connectivity index (χ2v) is 5.42. The van der Waals surface area contributed by atoms with Gasteiger partial charge in [-0.1, -0.05) is 36.5 Å². The molecule has 0 spiro atoms. The fourth-order valence-electron chi connectivity index (χ4n) is 1.69. The maximum absolute atomic E-state index is 5.51. The Morgan fingerprint density at radius 1 is 1.48 bits per heavy atom. The lowest BCUT2D eigenvalue weighted by molar-refractivity contribution is 0.362. The summed E-state index contributed by atoms with van der Waals surface area (Å²) in [5.41, 5.74) is 1.20. The third-order valence-corrected chi connectivity index (χ3v) is 3.70. The largest absolute Gasteiger partial charge is 0.490 e. The first-order valence-electron chi connectivity index (χ1n) is 6.68. The van der Waals surface area contributed by atoms with Gasteiger partial charge in [0.1, 0.15) is 12.4 Å². The SMILES string of the molecule is C=CCOc1cccc(CNCCSc2nnnn2C)c1. The van der Waals surface area contributed by atoms with Gasteiger partial charge < -0.3 is 10.1 Å². The molecule has 0 aliphatic carbocycles. The van der Waals surface area contributed by atoms with Crippen molar-refractivity contribution in [3.05, 3.63) is 42.5 Å². The number of tetrazole rings is 1. The Hall–Kier alpha value is -1.86. The standard InChI is InChI=1S/C14H19N5OS/c1-3-8-20-13-6-4-5-12(10-13)11-15-7-9-21-14-16-17-18-19(14)2/h3-6,10,15H,1,7-9,11H2,2H3. The first-order chi connectivity index (χ1) is 10.3. The van der Waals surface area contributed by atoms with Crippen LogP contribution in [0.15, 0.2) is 42.1 Å². The minimum atomic E-state index is 0.527. The van der Waals surface area contributed by atoms with Crippen LogP contribution in [0.1, 0.15) is 5.56 Å². The van der Waals surface area contributed by atoms with Crippen LogP contribution in [0, 0.1) is 0 Å². The van der Waals surface area contributed by atoms with Gasteiger partial charge in [-0.2, -0.15) is 0 Å². The summed E-state index contributed by atoms with van der Waals surface area (Å²) in [6, 6.07) is 8.06. The summed E-state index contributed by atoms with van der Waals surface area (Å²) in [5.74, 6) is 1.79. The molecule has 0 saturated heterocycles. The van der Waals surface area contributed by atoms with E-state index < -0.39 is 0 Å². The van der Waals surface area contributed by atoms with Crippen LogP contribution in [0.3, 0.4) is 0 Å². The maximum atomic E-state index is 5.51. The number of ether oxygens (including phenoxy) is 1. The number of rotatable bonds is 9. The quantitative estimate of drug-likeness (QED) is 0.432. The molecule has 0 radical (unpaired) electrons. The van der Waals surface area contributed by atoms with E-state index in [2.05, 4.69) is 33.5 Å². The maximum Gasteiger partial charge on any atom is 0.209 e. The van der Waals surface area contributed by atoms with Gasteiger partial charge in [0, 0.05) is 25.9 Å². The van der Waals surface area contributed by atoms with Crippen LogP contribution in [0.25, 0.3) is 0 Å². The molecular weight excluding hydrogens is 286 g/mol. The molecule has 7 heteroatoms. The van der Waals surface area contributed by atoms with E-state index in [1.165, 1.54) is 5.56 Å². The number of aromatic nitrogens is 4. The first kappa shape index (κ1) is 15.5. The second-order valence-electron chi connectivity index (χ2n) is 4.36. The Morgan fingerprint density at radius 2 is 2.38 bits per heavy atom. The van der Waals surface area contributed by atoms with E-state index >= 15 is 0 Å². The number of nitrogens with one attached hydrogen (secondary N) is 1. The van der Waals surface area contributed by atoms with Crippen LogP contribution >= 0.6 is 11.8 Å². The zero-order valence-electron chi connectivity index (χ0n) is 12.0. The summed E-state index contributed by atoms with van der Waals surface area (Å²) in [6.07, 6.45) is 1.74. The summed E-state index contributed by atoms with van der Waals surface area (Å²) in [4.78, 5) is 0. The minimum Gasteiger partial charge on any atom is -0.490 e. The predicted octanol–water partition coefficient (Wildman–Crippen LogP) is 1.66. The van der Waals surface area contributed by atoms with E-state index in [1.807, 2.05) is 25.2 Å². The molecule has 0 atom stereocenters. The lowest BCUT2D eigenvalue weighted by Gasteiger charge is -2.07. The van der Waals surface area contributed by atoms with E-state index in [-0.39, 0.29) is 0 Å². The molecule has 1 N–H and O–H groups in total. The van der Waals surface area contributed by atoms with E-state index in [9.17, 15) is 0 Å². The Labute approximate surface area is 128 Å². The van der Waals surface area contributed by atoms with Crippen LogP contribution in [-0.2, 0) is 13.6 Å². The van der Waals surface area contributed by atoms with E-state index in [1.54, 1.807) is 22.5 Å². The van der Waals surface area contributed by atoms with Gasteiger partial charge >= 0.3 is 0 Å². The lowest BCUT2D eigenvalue weighted by atomic mass is 10.2. The fourth-order valence-corrected chi connectivity index (χ4v) is 2.44. The molecule has 2 aromatic rings. The van der Waals surface area contributed by atoms with Gasteiger partial charge in [-0.05, 0) is 28.1 Å². The van der Waals surface area contributed by atoms with Crippen molar-refractivity contribution in [2.75, 3.05) is 18.9 Å².